The molecule has 0 saturated carbocycles. The molecule has 1 aliphatic heterocycles. The average Bonchev–Trinajstić information content (AvgIpc) is 2.98. The van der Waals surface area contributed by atoms with Gasteiger partial charge in [0.15, 0.2) is 11.3 Å². The van der Waals surface area contributed by atoms with Gasteiger partial charge < -0.3 is 20.0 Å². The molecule has 0 aromatic carbocycles. The van der Waals surface area contributed by atoms with E-state index in [1.807, 2.05) is 0 Å². The number of pyridine rings is 1. The third-order valence-corrected chi connectivity index (χ3v) is 3.39. The summed E-state index contributed by atoms with van der Waals surface area (Å²) in [5.41, 5.74) is 6.27. The van der Waals surface area contributed by atoms with Crippen molar-refractivity contribution >= 4 is 0 Å². The first-order valence-corrected chi connectivity index (χ1v) is 6.81. The zero-order valence-corrected chi connectivity index (χ0v) is 11.5. The van der Waals surface area contributed by atoms with E-state index in [1.165, 1.54) is 12.3 Å². The number of aromatic nitrogens is 3. The first kappa shape index (κ1) is 13.9. The fourth-order valence-corrected chi connectivity index (χ4v) is 2.22. The Morgan fingerprint density at radius 1 is 1.43 bits per heavy atom. The smallest absolute Gasteiger partial charge is 0.263 e. The second kappa shape index (κ2) is 6.17. The van der Waals surface area contributed by atoms with Gasteiger partial charge in [-0.05, 0) is 0 Å². The first-order chi connectivity index (χ1) is 10.2. The van der Waals surface area contributed by atoms with E-state index < -0.39 is 0 Å². The Kier molecular flexibility index (Phi) is 4.09. The second-order valence-electron chi connectivity index (χ2n) is 4.90. The van der Waals surface area contributed by atoms with Crippen molar-refractivity contribution in [2.75, 3.05) is 32.8 Å². The highest BCUT2D eigenvalue weighted by Crippen LogP contribution is 2.15. The highest BCUT2D eigenvalue weighted by atomic mass is 16.5. The summed E-state index contributed by atoms with van der Waals surface area (Å²) in [4.78, 5) is 21.0. The molecule has 1 atom stereocenters. The van der Waals surface area contributed by atoms with Crippen LogP contribution in [0.1, 0.15) is 11.9 Å². The molecule has 1 saturated heterocycles. The van der Waals surface area contributed by atoms with E-state index in [1.54, 1.807) is 6.20 Å². The maximum atomic E-state index is 11.7. The number of rotatable bonds is 4. The van der Waals surface area contributed by atoms with Crippen LogP contribution in [0.2, 0.25) is 0 Å². The van der Waals surface area contributed by atoms with Crippen molar-refractivity contribution in [2.24, 2.45) is 5.73 Å². The van der Waals surface area contributed by atoms with Gasteiger partial charge in [-0.1, -0.05) is 5.16 Å². The molecule has 21 heavy (non-hydrogen) atoms. The van der Waals surface area contributed by atoms with Crippen LogP contribution in [-0.2, 0) is 4.74 Å². The number of nitrogens with two attached hydrogens (primary N) is 1. The van der Waals surface area contributed by atoms with Gasteiger partial charge in [-0.25, -0.2) is 0 Å². The van der Waals surface area contributed by atoms with E-state index in [9.17, 15) is 4.79 Å². The largest absolute Gasteiger partial charge is 0.379 e. The van der Waals surface area contributed by atoms with Gasteiger partial charge in [-0.3, -0.25) is 9.69 Å². The SMILES string of the molecule is NC(CN1CCOCC1)c1noc(-c2c[nH]ccc2=O)n1. The van der Waals surface area contributed by atoms with Crippen LogP contribution >= 0.6 is 0 Å². The molecule has 8 nitrogen and oxygen atoms in total. The molecule has 0 amide bonds. The molecule has 1 aliphatic rings. The van der Waals surface area contributed by atoms with Crippen LogP contribution in [0.5, 0.6) is 0 Å². The Hall–Kier alpha value is -2.03. The number of aromatic amines is 1. The van der Waals surface area contributed by atoms with Crippen molar-refractivity contribution in [3.05, 3.63) is 34.5 Å². The summed E-state index contributed by atoms with van der Waals surface area (Å²) in [5.74, 6) is 0.587. The summed E-state index contributed by atoms with van der Waals surface area (Å²) in [6, 6.07) is 1.05. The minimum atomic E-state index is -0.358. The highest BCUT2D eigenvalue weighted by Gasteiger charge is 2.20. The quantitative estimate of drug-likeness (QED) is 0.799. The van der Waals surface area contributed by atoms with Crippen LogP contribution in [0, 0.1) is 0 Å². The Morgan fingerprint density at radius 3 is 3.00 bits per heavy atom. The molecular weight excluding hydrogens is 274 g/mol. The van der Waals surface area contributed by atoms with Crippen molar-refractivity contribution in [1.82, 2.24) is 20.0 Å². The van der Waals surface area contributed by atoms with E-state index in [-0.39, 0.29) is 17.4 Å². The van der Waals surface area contributed by atoms with Gasteiger partial charge in [0.2, 0.25) is 0 Å². The molecule has 3 rings (SSSR count). The van der Waals surface area contributed by atoms with E-state index in [0.717, 1.165) is 13.1 Å². The number of hydrogen-bond acceptors (Lipinski definition) is 7. The lowest BCUT2D eigenvalue weighted by atomic mass is 10.2. The topological polar surface area (TPSA) is 110 Å². The van der Waals surface area contributed by atoms with E-state index in [0.29, 0.717) is 31.1 Å². The maximum absolute atomic E-state index is 11.7. The van der Waals surface area contributed by atoms with Crippen molar-refractivity contribution in [1.29, 1.82) is 0 Å². The van der Waals surface area contributed by atoms with Gasteiger partial charge in [0, 0.05) is 38.1 Å². The molecule has 0 aliphatic carbocycles. The predicted octanol–water partition coefficient (Wildman–Crippen LogP) is -0.243. The Balaban J connectivity index is 1.72. The summed E-state index contributed by atoms with van der Waals surface area (Å²) < 4.78 is 10.4. The van der Waals surface area contributed by atoms with E-state index in [4.69, 9.17) is 15.0 Å². The second-order valence-corrected chi connectivity index (χ2v) is 4.90. The summed E-state index contributed by atoms with van der Waals surface area (Å²) in [5, 5.41) is 3.88. The number of morpholine rings is 1. The number of hydrogen-bond donors (Lipinski definition) is 2. The standard InChI is InChI=1S/C13H17N5O3/c14-10(8-18-3-5-20-6-4-18)12-16-13(21-17-12)9-7-15-2-1-11(9)19/h1-2,7,10H,3-6,8,14H2,(H,15,19). The molecule has 2 aromatic rings. The van der Waals surface area contributed by atoms with Crippen molar-refractivity contribution < 1.29 is 9.26 Å². The predicted molar refractivity (Wildman–Crippen MR) is 74.5 cm³/mol. The fourth-order valence-electron chi connectivity index (χ4n) is 2.22. The van der Waals surface area contributed by atoms with Gasteiger partial charge >= 0.3 is 0 Å². The van der Waals surface area contributed by atoms with E-state index >= 15 is 0 Å². The van der Waals surface area contributed by atoms with Crippen LogP contribution < -0.4 is 11.2 Å². The van der Waals surface area contributed by atoms with Gasteiger partial charge in [-0.2, -0.15) is 4.98 Å². The van der Waals surface area contributed by atoms with Gasteiger partial charge in [0.05, 0.1) is 19.3 Å². The fraction of sp³-hybridized carbons (Fsp3) is 0.462. The van der Waals surface area contributed by atoms with Crippen molar-refractivity contribution in [3.8, 4) is 11.5 Å². The number of ether oxygens (including phenoxy) is 1. The van der Waals surface area contributed by atoms with Gasteiger partial charge in [-0.15, -0.1) is 0 Å². The Bertz CT molecular complexity index is 647. The minimum absolute atomic E-state index is 0.175. The van der Waals surface area contributed by atoms with Crippen LogP contribution in [0.4, 0.5) is 0 Å². The van der Waals surface area contributed by atoms with Crippen LogP contribution in [0.15, 0.2) is 27.8 Å². The highest BCUT2D eigenvalue weighted by molar-refractivity contribution is 5.50. The van der Waals surface area contributed by atoms with Gasteiger partial charge in [0.1, 0.15) is 5.56 Å². The first-order valence-electron chi connectivity index (χ1n) is 6.81. The summed E-state index contributed by atoms with van der Waals surface area (Å²) in [6.07, 6.45) is 3.08. The van der Waals surface area contributed by atoms with Crippen LogP contribution in [0.3, 0.4) is 0 Å². The zero-order valence-electron chi connectivity index (χ0n) is 11.5. The molecule has 2 aromatic heterocycles. The molecule has 3 heterocycles. The third-order valence-electron chi connectivity index (χ3n) is 3.39. The lowest BCUT2D eigenvalue weighted by Gasteiger charge is -2.27. The summed E-state index contributed by atoms with van der Waals surface area (Å²) >= 11 is 0. The summed E-state index contributed by atoms with van der Waals surface area (Å²) in [7, 11) is 0. The number of nitrogens with zero attached hydrogens (tertiary/aromatic N) is 3. The van der Waals surface area contributed by atoms with Crippen LogP contribution in [-0.4, -0.2) is 52.9 Å². The Labute approximate surface area is 120 Å². The molecule has 1 fully saturated rings. The zero-order chi connectivity index (χ0) is 14.7. The van der Waals surface area contributed by atoms with E-state index in [2.05, 4.69) is 20.0 Å². The monoisotopic (exact) mass is 291 g/mol. The lowest BCUT2D eigenvalue weighted by molar-refractivity contribution is 0.0348. The third kappa shape index (κ3) is 3.18. The molecule has 1 unspecified atom stereocenters. The molecule has 0 spiro atoms. The van der Waals surface area contributed by atoms with Crippen molar-refractivity contribution in [3.63, 3.8) is 0 Å². The Morgan fingerprint density at radius 2 is 2.24 bits per heavy atom. The normalized spacial score (nSPS) is 17.8. The van der Waals surface area contributed by atoms with Crippen LogP contribution in [0.25, 0.3) is 11.5 Å². The average molecular weight is 291 g/mol. The molecule has 0 radical (unpaired) electrons. The molecule has 8 heteroatoms. The molecule has 3 N–H and O–H groups in total. The molecular formula is C13H17N5O3. The molecule has 112 valence electrons. The minimum Gasteiger partial charge on any atom is -0.379 e. The van der Waals surface area contributed by atoms with Gasteiger partial charge in [0.25, 0.3) is 5.89 Å². The number of H-pyrrole nitrogens is 1. The van der Waals surface area contributed by atoms with Crippen molar-refractivity contribution in [2.45, 2.75) is 6.04 Å². The molecule has 0 bridgehead atoms. The summed E-state index contributed by atoms with van der Waals surface area (Å²) in [6.45, 7) is 3.74. The number of nitrogens with one attached hydrogen (secondary N) is 1. The maximum Gasteiger partial charge on any atom is 0.263 e. The lowest BCUT2D eigenvalue weighted by Crippen LogP contribution is -2.40.